The van der Waals surface area contributed by atoms with Crippen LogP contribution in [0.1, 0.15) is 257 Å². The van der Waals surface area contributed by atoms with Gasteiger partial charge in [-0.2, -0.15) is 0 Å². The van der Waals surface area contributed by atoms with Crippen LogP contribution >= 0.6 is 0 Å². The van der Waals surface area contributed by atoms with E-state index in [9.17, 15) is 24.6 Å². The highest BCUT2D eigenvalue weighted by atomic mass is 16.5. The molecule has 0 aliphatic carbocycles. The zero-order valence-electron chi connectivity index (χ0n) is 36.5. The van der Waals surface area contributed by atoms with Crippen LogP contribution in [0.5, 0.6) is 0 Å². The summed E-state index contributed by atoms with van der Waals surface area (Å²) in [6.07, 6.45) is 43.0. The van der Waals surface area contributed by atoms with E-state index in [0.29, 0.717) is 13.0 Å². The molecule has 0 amide bonds. The zero-order chi connectivity index (χ0) is 40.7. The van der Waals surface area contributed by atoms with Gasteiger partial charge in [0.1, 0.15) is 6.61 Å². The second kappa shape index (κ2) is 47.8. The molecule has 0 radical (unpaired) electrons. The van der Waals surface area contributed by atoms with Crippen molar-refractivity contribution in [3.8, 4) is 0 Å². The van der Waals surface area contributed by atoms with Crippen LogP contribution in [0.4, 0.5) is 0 Å². The number of aliphatic carboxylic acids is 2. The number of rotatable bonds is 38. The van der Waals surface area contributed by atoms with Crippen molar-refractivity contribution in [1.29, 1.82) is 0 Å². The Kier molecular flexibility index (Phi) is 47.5. The molecule has 0 atom stereocenters. The van der Waals surface area contributed by atoms with Gasteiger partial charge in [-0.05, 0) is 37.7 Å². The molecular weight excluding hydrogens is 685 g/mol. The van der Waals surface area contributed by atoms with E-state index >= 15 is 0 Å². The van der Waals surface area contributed by atoms with Gasteiger partial charge in [-0.25, -0.2) is 0 Å². The van der Waals surface area contributed by atoms with Gasteiger partial charge in [-0.3, -0.25) is 4.79 Å². The number of esters is 1. The van der Waals surface area contributed by atoms with Crippen LogP contribution in [0, 0.1) is 0 Å². The Hall–Kier alpha value is -2.37. The summed E-state index contributed by atoms with van der Waals surface area (Å²) in [5.74, 6) is -1.88. The Bertz CT molecular complexity index is 917. The SMILES string of the molecule is CCCCCCCCCCCC(=O)OCc1ccccc1.CCCCCCCCCCCCCC(=O)[O-].CCCCCCCCCCCCCCCC(=O)[O-]. The molecule has 0 saturated carbocycles. The first-order valence-electron chi connectivity index (χ1n) is 23.5. The normalized spacial score (nSPS) is 10.6. The molecule has 322 valence electrons. The van der Waals surface area contributed by atoms with Crippen LogP contribution in [-0.2, 0) is 25.7 Å². The molecule has 0 unspecified atom stereocenters. The zero-order valence-corrected chi connectivity index (χ0v) is 36.5. The summed E-state index contributed by atoms with van der Waals surface area (Å²) in [4.78, 5) is 31.9. The molecular formula is C49H88O6-2. The average Bonchev–Trinajstić information content (AvgIpc) is 3.18. The predicted molar refractivity (Wildman–Crippen MR) is 229 cm³/mol. The lowest BCUT2D eigenvalue weighted by atomic mass is 10.0. The fourth-order valence-corrected chi connectivity index (χ4v) is 6.61. The van der Waals surface area contributed by atoms with Gasteiger partial charge in [-0.15, -0.1) is 0 Å². The first-order valence-corrected chi connectivity index (χ1v) is 23.5. The van der Waals surface area contributed by atoms with E-state index in [2.05, 4.69) is 20.8 Å². The molecule has 0 aromatic heterocycles. The maximum atomic E-state index is 11.6. The first-order chi connectivity index (χ1) is 26.9. The molecule has 1 aromatic carbocycles. The van der Waals surface area contributed by atoms with Crippen LogP contribution < -0.4 is 10.2 Å². The van der Waals surface area contributed by atoms with Gasteiger partial charge in [-0.1, -0.05) is 244 Å². The van der Waals surface area contributed by atoms with Gasteiger partial charge < -0.3 is 24.5 Å². The molecule has 0 aliphatic heterocycles. The summed E-state index contributed by atoms with van der Waals surface area (Å²) in [5.41, 5.74) is 1.05. The first kappa shape index (κ1) is 54.7. The van der Waals surface area contributed by atoms with Gasteiger partial charge in [0.2, 0.25) is 0 Å². The number of carboxylic acid groups (broad SMARTS) is 2. The van der Waals surface area contributed by atoms with Crippen molar-refractivity contribution in [3.05, 3.63) is 35.9 Å². The van der Waals surface area contributed by atoms with Crippen LogP contribution in [0.25, 0.3) is 0 Å². The number of benzene rings is 1. The number of unbranched alkanes of at least 4 members (excludes halogenated alkanes) is 30. The Labute approximate surface area is 340 Å². The second-order valence-electron chi connectivity index (χ2n) is 15.7. The summed E-state index contributed by atoms with van der Waals surface area (Å²) in [7, 11) is 0. The maximum absolute atomic E-state index is 11.6. The van der Waals surface area contributed by atoms with Crippen molar-refractivity contribution in [2.24, 2.45) is 0 Å². The molecule has 55 heavy (non-hydrogen) atoms. The van der Waals surface area contributed by atoms with Gasteiger partial charge in [0.05, 0.1) is 0 Å². The minimum Gasteiger partial charge on any atom is -0.550 e. The highest BCUT2D eigenvalue weighted by Crippen LogP contribution is 2.14. The third kappa shape index (κ3) is 51.6. The second-order valence-corrected chi connectivity index (χ2v) is 15.7. The van der Waals surface area contributed by atoms with Crippen molar-refractivity contribution < 1.29 is 29.3 Å². The molecule has 0 heterocycles. The van der Waals surface area contributed by atoms with E-state index < -0.39 is 11.9 Å². The van der Waals surface area contributed by atoms with Gasteiger partial charge in [0, 0.05) is 18.4 Å². The van der Waals surface area contributed by atoms with Gasteiger partial charge in [0.25, 0.3) is 0 Å². The van der Waals surface area contributed by atoms with Crippen molar-refractivity contribution in [2.45, 2.75) is 259 Å². The van der Waals surface area contributed by atoms with E-state index in [-0.39, 0.29) is 18.8 Å². The van der Waals surface area contributed by atoms with Crippen molar-refractivity contribution in [2.75, 3.05) is 0 Å². The molecule has 0 bridgehead atoms. The van der Waals surface area contributed by atoms with Crippen molar-refractivity contribution in [1.82, 2.24) is 0 Å². The maximum Gasteiger partial charge on any atom is 0.306 e. The molecule has 6 nitrogen and oxygen atoms in total. The number of hydrogen-bond acceptors (Lipinski definition) is 6. The largest absolute Gasteiger partial charge is 0.550 e. The van der Waals surface area contributed by atoms with E-state index in [1.165, 1.54) is 173 Å². The topological polar surface area (TPSA) is 107 Å². The highest BCUT2D eigenvalue weighted by molar-refractivity contribution is 5.69. The van der Waals surface area contributed by atoms with Crippen molar-refractivity contribution in [3.63, 3.8) is 0 Å². The molecule has 0 spiro atoms. The Balaban J connectivity index is 0. The third-order valence-corrected chi connectivity index (χ3v) is 10.2. The quantitative estimate of drug-likeness (QED) is 0.0489. The molecule has 0 N–H and O–H groups in total. The lowest BCUT2D eigenvalue weighted by molar-refractivity contribution is -0.307. The van der Waals surface area contributed by atoms with E-state index in [0.717, 1.165) is 44.1 Å². The standard InChI is InChI=1S/C19H30O2.C16H32O2.C14H28O2/c1-2-3-4-5-6-7-8-9-13-16-19(20)21-17-18-14-11-10-12-15-18;1-2-3-4-5-6-7-8-9-10-11-12-13-14-15-16(17)18;1-2-3-4-5-6-7-8-9-10-11-12-13-14(15)16/h10-12,14-15H,2-9,13,16-17H2,1H3;2-15H2,1H3,(H,17,18);2-13H2,1H3,(H,15,16)/p-2. The van der Waals surface area contributed by atoms with E-state index in [4.69, 9.17) is 4.74 Å². The number of carboxylic acids is 2. The summed E-state index contributed by atoms with van der Waals surface area (Å²) in [5, 5.41) is 20.3. The molecule has 1 rings (SSSR count). The summed E-state index contributed by atoms with van der Waals surface area (Å²) >= 11 is 0. The smallest absolute Gasteiger partial charge is 0.306 e. The summed E-state index contributed by atoms with van der Waals surface area (Å²) in [6.45, 7) is 7.15. The fourth-order valence-electron chi connectivity index (χ4n) is 6.61. The Morgan fingerprint density at radius 2 is 0.636 bits per heavy atom. The van der Waals surface area contributed by atoms with Crippen LogP contribution in [0.3, 0.4) is 0 Å². The molecule has 6 heteroatoms. The Morgan fingerprint density at radius 1 is 0.382 bits per heavy atom. The van der Waals surface area contributed by atoms with E-state index in [1.54, 1.807) is 0 Å². The molecule has 0 aliphatic rings. The van der Waals surface area contributed by atoms with Crippen LogP contribution in [0.2, 0.25) is 0 Å². The number of ether oxygens (including phenoxy) is 1. The van der Waals surface area contributed by atoms with Gasteiger partial charge in [0.15, 0.2) is 0 Å². The summed E-state index contributed by atoms with van der Waals surface area (Å²) in [6, 6.07) is 9.85. The van der Waals surface area contributed by atoms with Crippen LogP contribution in [0.15, 0.2) is 30.3 Å². The number of hydrogen-bond donors (Lipinski definition) is 0. The van der Waals surface area contributed by atoms with Crippen molar-refractivity contribution >= 4 is 17.9 Å². The predicted octanol–water partition coefficient (Wildman–Crippen LogP) is 13.3. The van der Waals surface area contributed by atoms with Crippen LogP contribution in [-0.4, -0.2) is 17.9 Å². The molecule has 1 aromatic rings. The lowest BCUT2D eigenvalue weighted by Gasteiger charge is -2.05. The molecule has 0 fully saturated rings. The number of carbonyl (C=O) groups excluding carboxylic acids is 3. The lowest BCUT2D eigenvalue weighted by Crippen LogP contribution is -2.21. The fraction of sp³-hybridized carbons (Fsp3) is 0.816. The minimum absolute atomic E-state index is 0.0678. The highest BCUT2D eigenvalue weighted by Gasteiger charge is 2.03. The van der Waals surface area contributed by atoms with E-state index in [1.807, 2.05) is 30.3 Å². The monoisotopic (exact) mass is 773 g/mol. The Morgan fingerprint density at radius 3 is 0.909 bits per heavy atom. The minimum atomic E-state index is -0.907. The average molecular weight is 773 g/mol. The molecule has 0 saturated heterocycles. The third-order valence-electron chi connectivity index (χ3n) is 10.2. The van der Waals surface area contributed by atoms with Gasteiger partial charge >= 0.3 is 5.97 Å². The summed E-state index contributed by atoms with van der Waals surface area (Å²) < 4.78 is 5.26. The number of carbonyl (C=O) groups is 3.